The maximum atomic E-state index is 12.4. The van der Waals surface area contributed by atoms with Crippen molar-refractivity contribution in [3.05, 3.63) is 58.1 Å². The number of hydrogen-bond acceptors (Lipinski definition) is 6. The van der Waals surface area contributed by atoms with Gasteiger partial charge in [-0.2, -0.15) is 4.99 Å². The van der Waals surface area contributed by atoms with E-state index in [9.17, 15) is 14.7 Å². The van der Waals surface area contributed by atoms with E-state index in [4.69, 9.17) is 14.2 Å². The molecule has 1 saturated carbocycles. The van der Waals surface area contributed by atoms with Gasteiger partial charge in [0.15, 0.2) is 5.69 Å². The molecular weight excluding hydrogens is 516 g/mol. The van der Waals surface area contributed by atoms with Gasteiger partial charge < -0.3 is 19.3 Å². The zero-order chi connectivity index (χ0) is 24.8. The van der Waals surface area contributed by atoms with Gasteiger partial charge in [0, 0.05) is 10.0 Å². The molecule has 35 heavy (non-hydrogen) atoms. The van der Waals surface area contributed by atoms with E-state index >= 15 is 0 Å². The molecule has 2 aliphatic rings. The Labute approximate surface area is 213 Å². The predicted molar refractivity (Wildman–Crippen MR) is 136 cm³/mol. The van der Waals surface area contributed by atoms with Crippen molar-refractivity contribution in [2.45, 2.75) is 51.7 Å². The summed E-state index contributed by atoms with van der Waals surface area (Å²) in [4.78, 5) is 29.3. The zero-order valence-corrected chi connectivity index (χ0v) is 21.3. The summed E-state index contributed by atoms with van der Waals surface area (Å²) in [6.07, 6.45) is 4.18. The Hall–Kier alpha value is -2.91. The molecule has 0 bridgehead atoms. The van der Waals surface area contributed by atoms with Crippen molar-refractivity contribution in [1.82, 2.24) is 4.48 Å². The highest BCUT2D eigenvalue weighted by Gasteiger charge is 2.49. The van der Waals surface area contributed by atoms with Gasteiger partial charge in [-0.3, -0.25) is 0 Å². The molecule has 0 radical (unpaired) electrons. The number of fused-ring (bicyclic) bond motifs is 1. The number of ether oxygens (including phenoxy) is 3. The molecule has 2 aromatic rings. The lowest BCUT2D eigenvalue weighted by Crippen LogP contribution is -2.55. The SMILES string of the molecule is CCOC1=Nc2cccc(C(=O)O)c2[N+]1(CCOC(=O)OC1CCCCC1)Cc1ccc(Br)cc1. The summed E-state index contributed by atoms with van der Waals surface area (Å²) in [7, 11) is 0. The lowest BCUT2D eigenvalue weighted by atomic mass is 9.98. The molecule has 8 nitrogen and oxygen atoms in total. The molecule has 1 unspecified atom stereocenters. The van der Waals surface area contributed by atoms with Crippen LogP contribution in [-0.2, 0) is 20.8 Å². The number of hydrogen-bond donors (Lipinski definition) is 1. The third-order valence-corrected chi connectivity index (χ3v) is 6.93. The first-order chi connectivity index (χ1) is 16.9. The fraction of sp³-hybridized carbons (Fsp3) is 0.423. The molecule has 0 amide bonds. The van der Waals surface area contributed by atoms with Crippen LogP contribution in [0, 0.1) is 0 Å². The largest absolute Gasteiger partial charge is 0.508 e. The predicted octanol–water partition coefficient (Wildman–Crippen LogP) is 6.18. The van der Waals surface area contributed by atoms with Gasteiger partial charge >= 0.3 is 18.1 Å². The summed E-state index contributed by atoms with van der Waals surface area (Å²) in [5.41, 5.74) is 2.16. The summed E-state index contributed by atoms with van der Waals surface area (Å²) in [6, 6.07) is 13.2. The average molecular weight is 546 g/mol. The average Bonchev–Trinajstić information content (AvgIpc) is 3.14. The van der Waals surface area contributed by atoms with Gasteiger partial charge in [-0.05, 0) is 56.9 Å². The molecule has 4 rings (SSSR count). The third-order valence-electron chi connectivity index (χ3n) is 6.40. The lowest BCUT2D eigenvalue weighted by molar-refractivity contribution is 0.00889. The highest BCUT2D eigenvalue weighted by atomic mass is 79.9. The number of carbonyl (C=O) groups is 2. The summed E-state index contributed by atoms with van der Waals surface area (Å²) in [5, 5.41) is 9.98. The first-order valence-corrected chi connectivity index (χ1v) is 12.8. The number of nitrogens with zero attached hydrogens (tertiary/aromatic N) is 2. The Bertz CT molecular complexity index is 1100. The van der Waals surface area contributed by atoms with Crippen LogP contribution in [0.3, 0.4) is 0 Å². The van der Waals surface area contributed by atoms with Crippen LogP contribution in [0.2, 0.25) is 0 Å². The highest BCUT2D eigenvalue weighted by Crippen LogP contribution is 2.45. The molecule has 0 aromatic heterocycles. The number of carboxylic acids is 1. The van der Waals surface area contributed by atoms with Gasteiger partial charge in [-0.25, -0.2) is 14.1 Å². The molecule has 9 heteroatoms. The molecule has 0 saturated heterocycles. The van der Waals surface area contributed by atoms with Crippen LogP contribution in [0.25, 0.3) is 0 Å². The standard InChI is InChI=1S/C26H29BrN2O6/c1-2-33-25-28-22-10-6-9-21(24(30)31)23(22)29(25,17-18-11-13-19(27)14-12-18)15-16-34-26(32)35-20-7-4-3-5-8-20/h6,9-14,20H,2-5,7-8,15-17H2,1H3/p+1. The van der Waals surface area contributed by atoms with E-state index in [1.165, 1.54) is 0 Å². The molecule has 1 fully saturated rings. The third kappa shape index (κ3) is 5.67. The minimum Gasteiger partial charge on any atom is -0.477 e. The van der Waals surface area contributed by atoms with E-state index in [0.717, 1.165) is 42.1 Å². The van der Waals surface area contributed by atoms with Crippen LogP contribution in [0.15, 0.2) is 51.9 Å². The van der Waals surface area contributed by atoms with E-state index in [1.54, 1.807) is 18.2 Å². The summed E-state index contributed by atoms with van der Waals surface area (Å²) >= 11 is 3.46. The van der Waals surface area contributed by atoms with Crippen molar-refractivity contribution in [2.75, 3.05) is 19.8 Å². The fourth-order valence-corrected chi connectivity index (χ4v) is 5.06. The molecular formula is C26H30BrN2O6+. The first-order valence-electron chi connectivity index (χ1n) is 12.0. The van der Waals surface area contributed by atoms with Crippen molar-refractivity contribution in [3.63, 3.8) is 0 Å². The normalized spacial score (nSPS) is 19.5. The van der Waals surface area contributed by atoms with Crippen molar-refractivity contribution >= 4 is 45.5 Å². The van der Waals surface area contributed by atoms with Crippen molar-refractivity contribution in [3.8, 4) is 0 Å². The smallest absolute Gasteiger partial charge is 0.477 e. The minimum absolute atomic E-state index is 0.00993. The van der Waals surface area contributed by atoms with Gasteiger partial charge in [-0.1, -0.05) is 40.5 Å². The molecule has 1 aliphatic heterocycles. The second-order valence-corrected chi connectivity index (χ2v) is 9.67. The molecule has 1 aliphatic carbocycles. The van der Waals surface area contributed by atoms with E-state index < -0.39 is 12.1 Å². The molecule has 1 heterocycles. The van der Waals surface area contributed by atoms with Crippen LogP contribution in [0.4, 0.5) is 16.2 Å². The Kier molecular flexibility index (Phi) is 8.07. The molecule has 0 spiro atoms. The number of amidine groups is 1. The Morgan fingerprint density at radius 1 is 1.11 bits per heavy atom. The van der Waals surface area contributed by atoms with Crippen LogP contribution in [0.1, 0.15) is 54.9 Å². The number of quaternary nitrogens is 1. The Balaban J connectivity index is 1.64. The van der Waals surface area contributed by atoms with Crippen molar-refractivity contribution in [1.29, 1.82) is 0 Å². The fourth-order valence-electron chi connectivity index (χ4n) is 4.80. The van der Waals surface area contributed by atoms with Crippen LogP contribution < -0.4 is 4.48 Å². The zero-order valence-electron chi connectivity index (χ0n) is 19.7. The number of rotatable bonds is 8. The van der Waals surface area contributed by atoms with Crippen LogP contribution in [-0.4, -0.2) is 49.1 Å². The number of carboxylic acid groups (broad SMARTS) is 1. The van der Waals surface area contributed by atoms with Gasteiger partial charge in [0.1, 0.15) is 37.1 Å². The van der Waals surface area contributed by atoms with Crippen molar-refractivity contribution in [2.24, 2.45) is 4.99 Å². The maximum Gasteiger partial charge on any atom is 0.508 e. The molecule has 1 atom stereocenters. The lowest BCUT2D eigenvalue weighted by Gasteiger charge is -2.34. The second-order valence-electron chi connectivity index (χ2n) is 8.76. The van der Waals surface area contributed by atoms with E-state index in [0.29, 0.717) is 30.5 Å². The highest BCUT2D eigenvalue weighted by molar-refractivity contribution is 9.10. The first kappa shape index (κ1) is 25.2. The van der Waals surface area contributed by atoms with Gasteiger partial charge in [0.2, 0.25) is 0 Å². The molecule has 186 valence electrons. The summed E-state index contributed by atoms with van der Waals surface area (Å²) in [6.45, 7) is 2.86. The number of halogens is 1. The van der Waals surface area contributed by atoms with E-state index in [2.05, 4.69) is 20.9 Å². The Morgan fingerprint density at radius 3 is 2.54 bits per heavy atom. The summed E-state index contributed by atoms with van der Waals surface area (Å²) in [5.74, 6) is -1.05. The van der Waals surface area contributed by atoms with Crippen LogP contribution >= 0.6 is 15.9 Å². The molecule has 1 N–H and O–H groups in total. The van der Waals surface area contributed by atoms with Gasteiger partial charge in [0.25, 0.3) is 0 Å². The number of aromatic carboxylic acids is 1. The maximum absolute atomic E-state index is 12.4. The monoisotopic (exact) mass is 545 g/mol. The van der Waals surface area contributed by atoms with Crippen molar-refractivity contribution < 1.29 is 28.9 Å². The number of para-hydroxylation sites is 1. The van der Waals surface area contributed by atoms with E-state index in [-0.39, 0.29) is 29.3 Å². The molecule has 2 aromatic carbocycles. The van der Waals surface area contributed by atoms with Gasteiger partial charge in [0.05, 0.1) is 6.61 Å². The van der Waals surface area contributed by atoms with E-state index in [1.807, 2.05) is 31.2 Å². The Morgan fingerprint density at radius 2 is 1.86 bits per heavy atom. The second kappa shape index (κ2) is 11.2. The number of aliphatic imine (C=N–C) groups is 1. The number of carbonyl (C=O) groups excluding carboxylic acids is 1. The quantitative estimate of drug-likeness (QED) is 0.314. The van der Waals surface area contributed by atoms with Crippen LogP contribution in [0.5, 0.6) is 0 Å². The summed E-state index contributed by atoms with van der Waals surface area (Å²) < 4.78 is 17.9. The van der Waals surface area contributed by atoms with Gasteiger partial charge in [-0.15, -0.1) is 0 Å². The topological polar surface area (TPSA) is 94.4 Å². The minimum atomic E-state index is -1.05. The number of benzene rings is 2.